The highest BCUT2D eigenvalue weighted by Gasteiger charge is 2.41. The number of nitro benzene ring substituents is 1. The molecule has 2 aromatic rings. The van der Waals surface area contributed by atoms with E-state index in [1.54, 1.807) is 12.1 Å². The number of amidine groups is 1. The first-order valence-corrected chi connectivity index (χ1v) is 9.33. The number of thioether (sulfide) groups is 1. The van der Waals surface area contributed by atoms with E-state index in [4.69, 9.17) is 5.11 Å². The normalized spacial score (nSPS) is 18.1. The van der Waals surface area contributed by atoms with Gasteiger partial charge in [0.25, 0.3) is 11.6 Å². The minimum atomic E-state index is -1.40. The topological polar surface area (TPSA) is 113 Å². The van der Waals surface area contributed by atoms with Crippen molar-refractivity contribution in [2.45, 2.75) is 25.0 Å². The lowest BCUT2D eigenvalue weighted by Crippen LogP contribution is -2.31. The van der Waals surface area contributed by atoms with E-state index >= 15 is 0 Å². The molecule has 0 saturated carbocycles. The second-order valence-corrected chi connectivity index (χ2v) is 7.48. The highest BCUT2D eigenvalue weighted by atomic mass is 32.2. The molecule has 8 nitrogen and oxygen atoms in total. The number of nitrogens with zero attached hydrogens (tertiary/aromatic N) is 3. The molecule has 1 saturated heterocycles. The van der Waals surface area contributed by atoms with Gasteiger partial charge >= 0.3 is 6.09 Å². The van der Waals surface area contributed by atoms with Crippen molar-refractivity contribution in [1.82, 2.24) is 0 Å². The van der Waals surface area contributed by atoms with Crippen molar-refractivity contribution >= 4 is 40.3 Å². The largest absolute Gasteiger partial charge is 0.463 e. The summed E-state index contributed by atoms with van der Waals surface area (Å²) in [6.07, 6.45) is -1.40. The van der Waals surface area contributed by atoms with Crippen LogP contribution in [0.2, 0.25) is 0 Å². The van der Waals surface area contributed by atoms with Crippen LogP contribution in [0.1, 0.15) is 36.1 Å². The molecule has 0 bridgehead atoms. The summed E-state index contributed by atoms with van der Waals surface area (Å²) in [7, 11) is 0. The van der Waals surface area contributed by atoms with Crippen LogP contribution in [0, 0.1) is 10.1 Å². The molecule has 1 aliphatic rings. The number of aliphatic imine (C=N–C) groups is 1. The summed E-state index contributed by atoms with van der Waals surface area (Å²) < 4.78 is 0. The van der Waals surface area contributed by atoms with Crippen molar-refractivity contribution in [1.29, 1.82) is 0 Å². The quantitative estimate of drug-likeness (QED) is 0.595. The van der Waals surface area contributed by atoms with Crippen molar-refractivity contribution in [3.63, 3.8) is 0 Å². The molecule has 9 heteroatoms. The van der Waals surface area contributed by atoms with Crippen molar-refractivity contribution < 1.29 is 19.6 Å². The lowest BCUT2D eigenvalue weighted by Gasteiger charge is -2.21. The molecule has 1 atom stereocenters. The molecule has 3 rings (SSSR count). The summed E-state index contributed by atoms with van der Waals surface area (Å²) in [5, 5.41) is 19.3. The summed E-state index contributed by atoms with van der Waals surface area (Å²) in [5.74, 6) is -0.231. The van der Waals surface area contributed by atoms with Crippen LogP contribution in [-0.2, 0) is 4.79 Å². The van der Waals surface area contributed by atoms with Gasteiger partial charge in [0.2, 0.25) is 0 Å². The van der Waals surface area contributed by atoms with E-state index in [9.17, 15) is 19.7 Å². The van der Waals surface area contributed by atoms with Crippen LogP contribution in [0.4, 0.5) is 16.2 Å². The summed E-state index contributed by atoms with van der Waals surface area (Å²) in [5.41, 5.74) is 1.93. The van der Waals surface area contributed by atoms with Crippen molar-refractivity contribution in [3.8, 4) is 0 Å². The maximum atomic E-state index is 13.2. The fourth-order valence-electron chi connectivity index (χ4n) is 2.96. The van der Waals surface area contributed by atoms with Gasteiger partial charge < -0.3 is 5.11 Å². The predicted octanol–water partition coefficient (Wildman–Crippen LogP) is 4.57. The van der Waals surface area contributed by atoms with Crippen molar-refractivity contribution in [3.05, 3.63) is 69.8 Å². The van der Waals surface area contributed by atoms with Gasteiger partial charge in [-0.05, 0) is 23.1 Å². The smallest absolute Gasteiger partial charge is 0.433 e. The Bertz CT molecular complexity index is 972. The number of anilines is 1. The van der Waals surface area contributed by atoms with Crippen LogP contribution in [0.3, 0.4) is 0 Å². The number of para-hydroxylation sites is 1. The molecule has 0 spiro atoms. The Balaban J connectivity index is 2.06. The maximum Gasteiger partial charge on any atom is 0.433 e. The third kappa shape index (κ3) is 3.74. The Morgan fingerprint density at radius 1 is 1.21 bits per heavy atom. The van der Waals surface area contributed by atoms with Gasteiger partial charge in [0.05, 0.1) is 10.6 Å². The number of amides is 2. The summed E-state index contributed by atoms with van der Waals surface area (Å²) in [6.45, 7) is 3.96. The van der Waals surface area contributed by atoms with Gasteiger partial charge in [-0.3, -0.25) is 19.8 Å². The molecule has 144 valence electrons. The number of nitro groups is 1. The van der Waals surface area contributed by atoms with E-state index in [2.05, 4.69) is 4.99 Å². The first kappa shape index (κ1) is 19.6. The van der Waals surface area contributed by atoms with Gasteiger partial charge in [0.1, 0.15) is 5.25 Å². The number of hydrogen-bond acceptors (Lipinski definition) is 5. The molecule has 0 aromatic heterocycles. The van der Waals surface area contributed by atoms with Crippen LogP contribution in [0.25, 0.3) is 0 Å². The maximum absolute atomic E-state index is 13.2. The average molecular weight is 399 g/mol. The average Bonchev–Trinajstić information content (AvgIpc) is 2.96. The first-order valence-electron chi connectivity index (χ1n) is 8.45. The molecule has 1 fully saturated rings. The van der Waals surface area contributed by atoms with Crippen LogP contribution in [-0.4, -0.2) is 27.2 Å². The van der Waals surface area contributed by atoms with Crippen LogP contribution >= 0.6 is 11.8 Å². The SMILES string of the molecule is CC(C)c1ccccc1N1C(=O)C(c2ccc([N+](=O)[O-])cc2)SC1=NC(=O)O. The van der Waals surface area contributed by atoms with E-state index in [0.717, 1.165) is 17.3 Å². The van der Waals surface area contributed by atoms with E-state index in [1.165, 1.54) is 29.2 Å². The molecule has 2 amide bonds. The fourth-order valence-corrected chi connectivity index (χ4v) is 4.10. The van der Waals surface area contributed by atoms with Crippen molar-refractivity contribution in [2.24, 2.45) is 4.99 Å². The Hall–Kier alpha value is -3.20. The van der Waals surface area contributed by atoms with E-state index in [1.807, 2.05) is 26.0 Å². The second-order valence-electron chi connectivity index (χ2n) is 6.41. The Morgan fingerprint density at radius 3 is 2.43 bits per heavy atom. The Kier molecular flexibility index (Phi) is 5.46. The minimum absolute atomic E-state index is 0.0638. The first-order chi connectivity index (χ1) is 13.3. The summed E-state index contributed by atoms with van der Waals surface area (Å²) >= 11 is 1.01. The zero-order valence-corrected chi connectivity index (χ0v) is 15.9. The van der Waals surface area contributed by atoms with Gasteiger partial charge in [-0.15, -0.1) is 0 Å². The lowest BCUT2D eigenvalue weighted by molar-refractivity contribution is -0.384. The van der Waals surface area contributed by atoms with Gasteiger partial charge in [0.15, 0.2) is 5.17 Å². The van der Waals surface area contributed by atoms with Gasteiger partial charge in [-0.2, -0.15) is 4.99 Å². The standard InChI is InChI=1S/C19H17N3O5S/c1-11(2)14-5-3-4-6-15(14)21-17(23)16(28-18(21)20-19(24)25)12-7-9-13(10-8-12)22(26)27/h3-11,16H,1-2H3,(H,24,25). The summed E-state index contributed by atoms with van der Waals surface area (Å²) in [6, 6.07) is 12.9. The highest BCUT2D eigenvalue weighted by Crippen LogP contribution is 2.43. The number of rotatable bonds is 4. The van der Waals surface area contributed by atoms with Crippen LogP contribution < -0.4 is 4.90 Å². The Labute approximate surface area is 165 Å². The number of carbonyl (C=O) groups is 2. The van der Waals surface area contributed by atoms with Gasteiger partial charge in [0, 0.05) is 12.1 Å². The molecule has 0 radical (unpaired) electrons. The molecule has 0 aliphatic carbocycles. The van der Waals surface area contributed by atoms with E-state index in [0.29, 0.717) is 11.3 Å². The molecule has 1 N–H and O–H groups in total. The summed E-state index contributed by atoms with van der Waals surface area (Å²) in [4.78, 5) is 39.6. The molecular formula is C19H17N3O5S. The second kappa shape index (κ2) is 7.81. The van der Waals surface area contributed by atoms with Crippen LogP contribution in [0.15, 0.2) is 53.5 Å². The molecule has 1 aliphatic heterocycles. The van der Waals surface area contributed by atoms with Gasteiger partial charge in [-0.25, -0.2) is 4.79 Å². The molecular weight excluding hydrogens is 382 g/mol. The zero-order valence-electron chi connectivity index (χ0n) is 15.1. The van der Waals surface area contributed by atoms with Crippen molar-refractivity contribution in [2.75, 3.05) is 4.90 Å². The van der Waals surface area contributed by atoms with E-state index < -0.39 is 16.3 Å². The number of carbonyl (C=O) groups excluding carboxylic acids is 1. The lowest BCUT2D eigenvalue weighted by atomic mass is 10.00. The van der Waals surface area contributed by atoms with E-state index in [-0.39, 0.29) is 22.7 Å². The molecule has 1 unspecified atom stereocenters. The third-order valence-electron chi connectivity index (χ3n) is 4.26. The molecule has 28 heavy (non-hydrogen) atoms. The predicted molar refractivity (Wildman–Crippen MR) is 107 cm³/mol. The Morgan fingerprint density at radius 2 is 1.86 bits per heavy atom. The number of non-ortho nitro benzene ring substituents is 1. The third-order valence-corrected chi connectivity index (χ3v) is 5.45. The number of benzene rings is 2. The number of carboxylic acid groups (broad SMARTS) is 1. The zero-order chi connectivity index (χ0) is 20.4. The molecule has 2 aromatic carbocycles. The monoisotopic (exact) mass is 399 g/mol. The highest BCUT2D eigenvalue weighted by molar-refractivity contribution is 8.15. The fraction of sp³-hybridized carbons (Fsp3) is 0.211. The minimum Gasteiger partial charge on any atom is -0.463 e. The molecule has 1 heterocycles. The number of hydrogen-bond donors (Lipinski definition) is 1. The van der Waals surface area contributed by atoms with Crippen LogP contribution in [0.5, 0.6) is 0 Å². The van der Waals surface area contributed by atoms with Gasteiger partial charge in [-0.1, -0.05) is 55.9 Å².